The molecule has 0 aliphatic carbocycles. The van der Waals surface area contributed by atoms with E-state index >= 15 is 0 Å². The molecule has 1 heterocycles. The lowest BCUT2D eigenvalue weighted by atomic mass is 10.4. The fourth-order valence-corrected chi connectivity index (χ4v) is 2.14. The molecule has 0 fully saturated rings. The summed E-state index contributed by atoms with van der Waals surface area (Å²) in [4.78, 5) is 14.1. The summed E-state index contributed by atoms with van der Waals surface area (Å²) in [5, 5.41) is 18.0. The number of rotatable bonds is 3. The lowest BCUT2D eigenvalue weighted by Crippen LogP contribution is -2.39. The summed E-state index contributed by atoms with van der Waals surface area (Å²) in [7, 11) is 1.56. The van der Waals surface area contributed by atoms with Crippen LogP contribution in [0.15, 0.2) is 10.1 Å². The molecule has 1 atom stereocenters. The number of nitrogens with zero attached hydrogens (tertiary/aromatic N) is 3. The highest BCUT2D eigenvalue weighted by atomic mass is 35.5. The Hall–Kier alpha value is -1.02. The van der Waals surface area contributed by atoms with Crippen molar-refractivity contribution >= 4 is 33.8 Å². The van der Waals surface area contributed by atoms with Crippen LogP contribution in [0.2, 0.25) is 0 Å². The number of halogens is 1. The first-order chi connectivity index (χ1) is 7.11. The van der Waals surface area contributed by atoms with E-state index in [4.69, 9.17) is 11.6 Å². The van der Waals surface area contributed by atoms with Gasteiger partial charge in [-0.2, -0.15) is 0 Å². The summed E-state index contributed by atoms with van der Waals surface area (Å²) in [6.45, 7) is 1.14. The maximum Gasteiger partial charge on any atom is 0.268 e. The monoisotopic (exact) mass is 251 g/mol. The lowest BCUT2D eigenvalue weighted by Gasteiger charge is -2.09. The quantitative estimate of drug-likeness (QED) is 0.320. The molecule has 0 saturated heterocycles. The van der Waals surface area contributed by atoms with Crippen molar-refractivity contribution in [3.8, 4) is 0 Å². The SMILES string of the molecule is CN/C(=N\[N+](=O)[O-])NCC1CN=C(Cl)S1. The fourth-order valence-electron chi connectivity index (χ4n) is 0.958. The average Bonchev–Trinajstić information content (AvgIpc) is 2.58. The zero-order chi connectivity index (χ0) is 11.3. The van der Waals surface area contributed by atoms with Crippen LogP contribution in [0, 0.1) is 10.1 Å². The second kappa shape index (κ2) is 5.76. The van der Waals surface area contributed by atoms with Crippen LogP contribution in [0.5, 0.6) is 0 Å². The fraction of sp³-hybridized carbons (Fsp3) is 0.667. The van der Waals surface area contributed by atoms with Crippen LogP contribution in [0.3, 0.4) is 0 Å². The predicted octanol–water partition coefficient (Wildman–Crippen LogP) is 0.0533. The van der Waals surface area contributed by atoms with Gasteiger partial charge in [-0.25, -0.2) is 10.1 Å². The number of guanidine groups is 1. The average molecular weight is 252 g/mol. The van der Waals surface area contributed by atoms with Gasteiger partial charge in [0.25, 0.3) is 5.96 Å². The Morgan fingerprint density at radius 1 is 1.93 bits per heavy atom. The first-order valence-electron chi connectivity index (χ1n) is 4.13. The summed E-state index contributed by atoms with van der Waals surface area (Å²) in [5.74, 6) is 0.128. The van der Waals surface area contributed by atoms with E-state index in [1.807, 2.05) is 0 Å². The van der Waals surface area contributed by atoms with Crippen molar-refractivity contribution in [3.05, 3.63) is 10.1 Å². The minimum atomic E-state index is -0.760. The summed E-state index contributed by atoms with van der Waals surface area (Å²) in [6, 6.07) is 0. The van der Waals surface area contributed by atoms with Crippen LogP contribution < -0.4 is 10.6 Å². The molecular weight excluding hydrogens is 242 g/mol. The molecular formula is C6H10ClN5O2S. The maximum atomic E-state index is 10.1. The molecule has 7 nitrogen and oxygen atoms in total. The molecule has 2 N–H and O–H groups in total. The molecule has 1 aliphatic heterocycles. The summed E-state index contributed by atoms with van der Waals surface area (Å²) in [6.07, 6.45) is 0. The van der Waals surface area contributed by atoms with Crippen LogP contribution in [0.25, 0.3) is 0 Å². The molecule has 0 spiro atoms. The minimum Gasteiger partial charge on any atom is -0.354 e. The Kier molecular flexibility index (Phi) is 4.63. The van der Waals surface area contributed by atoms with Gasteiger partial charge in [0.15, 0.2) is 9.54 Å². The molecule has 0 amide bonds. The van der Waals surface area contributed by atoms with Crippen LogP contribution >= 0.6 is 23.4 Å². The van der Waals surface area contributed by atoms with Crippen molar-refractivity contribution in [3.63, 3.8) is 0 Å². The van der Waals surface area contributed by atoms with Crippen molar-refractivity contribution in [2.45, 2.75) is 5.25 Å². The Morgan fingerprint density at radius 2 is 2.67 bits per heavy atom. The Morgan fingerprint density at radius 3 is 3.13 bits per heavy atom. The lowest BCUT2D eigenvalue weighted by molar-refractivity contribution is -0.485. The van der Waals surface area contributed by atoms with Gasteiger partial charge in [0.2, 0.25) is 0 Å². The highest BCUT2D eigenvalue weighted by Crippen LogP contribution is 2.22. The van der Waals surface area contributed by atoms with Crippen LogP contribution in [0.1, 0.15) is 0 Å². The molecule has 9 heteroatoms. The van der Waals surface area contributed by atoms with Gasteiger partial charge in [-0.15, -0.1) is 0 Å². The number of hydrogen-bond acceptors (Lipinski definition) is 4. The number of hydrogen-bond donors (Lipinski definition) is 2. The van der Waals surface area contributed by atoms with Gasteiger partial charge in [-0.05, 0) is 0 Å². The zero-order valence-electron chi connectivity index (χ0n) is 7.94. The van der Waals surface area contributed by atoms with Gasteiger partial charge in [0, 0.05) is 18.8 Å². The molecule has 0 aromatic rings. The van der Waals surface area contributed by atoms with E-state index in [0.717, 1.165) is 0 Å². The second-order valence-corrected chi connectivity index (χ2v) is 4.52. The smallest absolute Gasteiger partial charge is 0.268 e. The Labute approximate surface area is 95.5 Å². The number of aliphatic imine (C=N–C) groups is 1. The van der Waals surface area contributed by atoms with Crippen LogP contribution in [-0.2, 0) is 0 Å². The van der Waals surface area contributed by atoms with E-state index in [9.17, 15) is 10.1 Å². The summed E-state index contributed by atoms with van der Waals surface area (Å²) >= 11 is 7.11. The molecule has 0 radical (unpaired) electrons. The molecule has 15 heavy (non-hydrogen) atoms. The topological polar surface area (TPSA) is 91.9 Å². The Bertz CT molecular complexity index is 308. The molecule has 0 aromatic heterocycles. The van der Waals surface area contributed by atoms with E-state index in [1.54, 1.807) is 7.05 Å². The van der Waals surface area contributed by atoms with Crippen molar-refractivity contribution in [1.29, 1.82) is 0 Å². The standard InChI is InChI=1S/C6H10ClN5O2S/c1-8-6(11-12(13)14)10-3-4-2-9-5(7)15-4/h4H,2-3H2,1H3,(H2,8,10,11). The molecule has 1 aliphatic rings. The van der Waals surface area contributed by atoms with Gasteiger partial charge < -0.3 is 10.6 Å². The van der Waals surface area contributed by atoms with E-state index in [2.05, 4.69) is 20.7 Å². The number of nitro groups is 1. The van der Waals surface area contributed by atoms with E-state index in [-0.39, 0.29) is 11.2 Å². The first kappa shape index (κ1) is 12.1. The third-order valence-electron chi connectivity index (χ3n) is 1.60. The second-order valence-electron chi connectivity index (χ2n) is 2.65. The normalized spacial score (nSPS) is 21.1. The molecule has 0 bridgehead atoms. The van der Waals surface area contributed by atoms with Crippen LogP contribution in [-0.4, -0.2) is 40.9 Å². The number of thioether (sulfide) groups is 1. The van der Waals surface area contributed by atoms with Crippen molar-refractivity contribution in [1.82, 2.24) is 10.6 Å². The maximum absolute atomic E-state index is 10.1. The number of nitrogens with one attached hydrogen (secondary N) is 2. The minimum absolute atomic E-state index is 0.128. The molecule has 0 aromatic carbocycles. The van der Waals surface area contributed by atoms with Crippen LogP contribution in [0.4, 0.5) is 0 Å². The zero-order valence-corrected chi connectivity index (χ0v) is 9.51. The van der Waals surface area contributed by atoms with Crippen molar-refractivity contribution < 1.29 is 5.03 Å². The van der Waals surface area contributed by atoms with E-state index in [1.165, 1.54) is 11.8 Å². The molecule has 1 unspecified atom stereocenters. The highest BCUT2D eigenvalue weighted by molar-refractivity contribution is 8.17. The van der Waals surface area contributed by atoms with Gasteiger partial charge >= 0.3 is 0 Å². The van der Waals surface area contributed by atoms with Gasteiger partial charge in [0.1, 0.15) is 5.10 Å². The Balaban J connectivity index is 2.32. The highest BCUT2D eigenvalue weighted by Gasteiger charge is 2.18. The van der Waals surface area contributed by atoms with Gasteiger partial charge in [-0.1, -0.05) is 23.4 Å². The third-order valence-corrected chi connectivity index (χ3v) is 2.96. The summed E-state index contributed by atoms with van der Waals surface area (Å²) < 4.78 is 0.527. The number of hydrazone groups is 1. The molecule has 84 valence electrons. The molecule has 1 rings (SSSR count). The largest absolute Gasteiger partial charge is 0.354 e. The summed E-state index contributed by atoms with van der Waals surface area (Å²) in [5.41, 5.74) is 0. The molecule has 0 saturated carbocycles. The van der Waals surface area contributed by atoms with Gasteiger partial charge in [0.05, 0.1) is 6.54 Å². The third kappa shape index (κ3) is 4.34. The van der Waals surface area contributed by atoms with Gasteiger partial charge in [-0.3, -0.25) is 4.99 Å². The van der Waals surface area contributed by atoms with E-state index < -0.39 is 5.03 Å². The van der Waals surface area contributed by atoms with Crippen molar-refractivity contribution in [2.75, 3.05) is 20.1 Å². The first-order valence-corrected chi connectivity index (χ1v) is 5.39. The predicted molar refractivity (Wildman–Crippen MR) is 61.0 cm³/mol. The van der Waals surface area contributed by atoms with E-state index in [0.29, 0.717) is 17.6 Å². The van der Waals surface area contributed by atoms with Crippen molar-refractivity contribution in [2.24, 2.45) is 10.1 Å².